The second kappa shape index (κ2) is 9.45. The number of amides is 1. The molecule has 0 spiro atoms. The minimum Gasteiger partial charge on any atom is -0.493 e. The first-order valence-corrected chi connectivity index (χ1v) is 9.65. The Balaban J connectivity index is 1.87. The van der Waals surface area contributed by atoms with Gasteiger partial charge in [-0.2, -0.15) is 10.1 Å². The van der Waals surface area contributed by atoms with Crippen LogP contribution < -0.4 is 14.5 Å². The Bertz CT molecular complexity index is 1020. The normalized spacial score (nSPS) is 14.7. The summed E-state index contributed by atoms with van der Waals surface area (Å²) in [6, 6.07) is 12.5. The van der Waals surface area contributed by atoms with Gasteiger partial charge in [0.1, 0.15) is 0 Å². The standard InChI is InChI=1S/C22H21ClN2O5/c1-4-29-20(26)13-30-21-18(23)11-15(12-19(21)28-3)10-17-14(2)24-25(22(17)27)16-8-6-5-7-9-16/h5-12H,4,13H2,1-3H3/b17-10+. The summed E-state index contributed by atoms with van der Waals surface area (Å²) in [5.74, 6) is -0.190. The van der Waals surface area contributed by atoms with Crippen LogP contribution >= 0.6 is 11.6 Å². The Hall–Kier alpha value is -3.32. The van der Waals surface area contributed by atoms with Gasteiger partial charge in [-0.1, -0.05) is 29.8 Å². The first-order chi connectivity index (χ1) is 14.4. The Morgan fingerprint density at radius 1 is 1.23 bits per heavy atom. The molecule has 0 saturated heterocycles. The van der Waals surface area contributed by atoms with Gasteiger partial charge >= 0.3 is 5.97 Å². The Labute approximate surface area is 179 Å². The largest absolute Gasteiger partial charge is 0.493 e. The smallest absolute Gasteiger partial charge is 0.344 e. The zero-order valence-corrected chi connectivity index (χ0v) is 17.6. The van der Waals surface area contributed by atoms with Gasteiger partial charge in [0.05, 0.1) is 35.7 Å². The molecule has 1 amide bonds. The minimum atomic E-state index is -0.508. The van der Waals surface area contributed by atoms with Crippen molar-refractivity contribution in [3.63, 3.8) is 0 Å². The van der Waals surface area contributed by atoms with Gasteiger partial charge in [-0.05, 0) is 49.8 Å². The van der Waals surface area contributed by atoms with E-state index in [0.717, 1.165) is 0 Å². The summed E-state index contributed by atoms with van der Waals surface area (Å²) in [6.45, 7) is 3.44. The number of anilines is 1. The van der Waals surface area contributed by atoms with Crippen LogP contribution in [0.3, 0.4) is 0 Å². The summed E-state index contributed by atoms with van der Waals surface area (Å²) in [5.41, 5.74) is 2.34. The van der Waals surface area contributed by atoms with Crippen LogP contribution in [0.2, 0.25) is 5.02 Å². The highest BCUT2D eigenvalue weighted by atomic mass is 35.5. The topological polar surface area (TPSA) is 77.4 Å². The van der Waals surface area contributed by atoms with E-state index in [1.54, 1.807) is 32.1 Å². The van der Waals surface area contributed by atoms with E-state index in [-0.39, 0.29) is 29.9 Å². The fourth-order valence-electron chi connectivity index (χ4n) is 2.89. The molecule has 0 fully saturated rings. The maximum Gasteiger partial charge on any atom is 0.344 e. The number of carbonyl (C=O) groups excluding carboxylic acids is 2. The molecule has 156 valence electrons. The van der Waals surface area contributed by atoms with Gasteiger partial charge in [0.25, 0.3) is 5.91 Å². The van der Waals surface area contributed by atoms with Gasteiger partial charge in [0, 0.05) is 0 Å². The number of halogens is 1. The molecule has 2 aromatic carbocycles. The van der Waals surface area contributed by atoms with Crippen LogP contribution in [0, 0.1) is 0 Å². The van der Waals surface area contributed by atoms with Crippen LogP contribution in [-0.2, 0) is 14.3 Å². The van der Waals surface area contributed by atoms with Crippen LogP contribution in [-0.4, -0.2) is 37.9 Å². The molecule has 8 heteroatoms. The zero-order valence-electron chi connectivity index (χ0n) is 16.8. The molecule has 7 nitrogen and oxygen atoms in total. The number of hydrogen-bond acceptors (Lipinski definition) is 6. The van der Waals surface area contributed by atoms with Crippen molar-refractivity contribution in [2.45, 2.75) is 13.8 Å². The number of hydrogen-bond donors (Lipinski definition) is 0. The molecule has 0 atom stereocenters. The Morgan fingerprint density at radius 2 is 1.97 bits per heavy atom. The lowest BCUT2D eigenvalue weighted by atomic mass is 10.1. The molecule has 30 heavy (non-hydrogen) atoms. The first kappa shape index (κ1) is 21.4. The minimum absolute atomic E-state index is 0.225. The van der Waals surface area contributed by atoms with Crippen molar-refractivity contribution in [2.75, 3.05) is 25.3 Å². The number of esters is 1. The molecule has 0 saturated carbocycles. The van der Waals surface area contributed by atoms with Crippen LogP contribution in [0.5, 0.6) is 11.5 Å². The van der Waals surface area contributed by atoms with E-state index in [1.165, 1.54) is 12.1 Å². The van der Waals surface area contributed by atoms with E-state index >= 15 is 0 Å². The molecular formula is C22H21ClN2O5. The number of methoxy groups -OCH3 is 1. The fourth-order valence-corrected chi connectivity index (χ4v) is 3.17. The highest BCUT2D eigenvalue weighted by molar-refractivity contribution is 6.33. The third kappa shape index (κ3) is 4.63. The van der Waals surface area contributed by atoms with Crippen LogP contribution in [0.25, 0.3) is 6.08 Å². The Kier molecular flexibility index (Phi) is 6.74. The number of carbonyl (C=O) groups is 2. The Morgan fingerprint density at radius 3 is 2.63 bits per heavy atom. The molecule has 0 N–H and O–H groups in total. The van der Waals surface area contributed by atoms with Gasteiger partial charge in [0.2, 0.25) is 0 Å². The number of nitrogens with zero attached hydrogens (tertiary/aromatic N) is 2. The molecule has 1 aliphatic heterocycles. The number of benzene rings is 2. The third-order valence-electron chi connectivity index (χ3n) is 4.27. The first-order valence-electron chi connectivity index (χ1n) is 9.27. The van der Waals surface area contributed by atoms with Crippen molar-refractivity contribution in [3.05, 3.63) is 58.6 Å². The lowest BCUT2D eigenvalue weighted by molar-refractivity contribution is -0.145. The van der Waals surface area contributed by atoms with Gasteiger partial charge in [-0.25, -0.2) is 4.79 Å². The van der Waals surface area contributed by atoms with Crippen LogP contribution in [0.4, 0.5) is 5.69 Å². The van der Waals surface area contributed by atoms with E-state index in [2.05, 4.69) is 5.10 Å². The van der Waals surface area contributed by atoms with E-state index in [9.17, 15) is 9.59 Å². The molecule has 3 rings (SSSR count). The average molecular weight is 429 g/mol. The van der Waals surface area contributed by atoms with Crippen molar-refractivity contribution in [2.24, 2.45) is 5.10 Å². The summed E-state index contributed by atoms with van der Waals surface area (Å²) in [7, 11) is 1.46. The van der Waals surface area contributed by atoms with E-state index in [4.69, 9.17) is 25.8 Å². The number of ether oxygens (including phenoxy) is 3. The molecular weight excluding hydrogens is 408 g/mol. The zero-order chi connectivity index (χ0) is 21.7. The second-order valence-corrected chi connectivity index (χ2v) is 6.73. The molecule has 1 heterocycles. The molecule has 2 aromatic rings. The third-order valence-corrected chi connectivity index (χ3v) is 4.55. The summed E-state index contributed by atoms with van der Waals surface area (Å²) < 4.78 is 15.7. The highest BCUT2D eigenvalue weighted by Gasteiger charge is 2.28. The van der Waals surface area contributed by atoms with E-state index < -0.39 is 5.97 Å². The maximum atomic E-state index is 12.9. The van der Waals surface area contributed by atoms with Crippen LogP contribution in [0.15, 0.2) is 53.1 Å². The molecule has 0 radical (unpaired) electrons. The summed E-state index contributed by atoms with van der Waals surface area (Å²) in [4.78, 5) is 24.4. The van der Waals surface area contributed by atoms with Crippen molar-refractivity contribution in [1.29, 1.82) is 0 Å². The monoisotopic (exact) mass is 428 g/mol. The lowest BCUT2D eigenvalue weighted by Gasteiger charge is -2.13. The summed E-state index contributed by atoms with van der Waals surface area (Å²) in [5, 5.41) is 5.96. The average Bonchev–Trinajstić information content (AvgIpc) is 3.01. The number of hydrazone groups is 1. The SMILES string of the molecule is CCOC(=O)COc1c(Cl)cc(/C=C2/C(=O)N(c3ccccc3)N=C2C)cc1OC. The van der Waals surface area contributed by atoms with Gasteiger partial charge in [-0.15, -0.1) is 0 Å². The van der Waals surface area contributed by atoms with E-state index in [0.29, 0.717) is 28.3 Å². The molecule has 0 aliphatic carbocycles. The number of rotatable bonds is 7. The lowest BCUT2D eigenvalue weighted by Crippen LogP contribution is -2.21. The summed E-state index contributed by atoms with van der Waals surface area (Å²) in [6.07, 6.45) is 1.69. The molecule has 0 unspecified atom stereocenters. The van der Waals surface area contributed by atoms with Gasteiger partial charge in [-0.3, -0.25) is 4.79 Å². The van der Waals surface area contributed by atoms with Crippen molar-refractivity contribution in [3.8, 4) is 11.5 Å². The maximum absolute atomic E-state index is 12.9. The van der Waals surface area contributed by atoms with Gasteiger partial charge < -0.3 is 14.2 Å². The van der Waals surface area contributed by atoms with E-state index in [1.807, 2.05) is 30.3 Å². The molecule has 0 bridgehead atoms. The molecule has 1 aliphatic rings. The van der Waals surface area contributed by atoms with Crippen molar-refractivity contribution < 1.29 is 23.8 Å². The quantitative estimate of drug-likeness (QED) is 0.490. The summed E-state index contributed by atoms with van der Waals surface area (Å²) >= 11 is 6.34. The van der Waals surface area contributed by atoms with Crippen LogP contribution in [0.1, 0.15) is 19.4 Å². The van der Waals surface area contributed by atoms with Crippen molar-refractivity contribution in [1.82, 2.24) is 0 Å². The molecule has 0 aromatic heterocycles. The second-order valence-electron chi connectivity index (χ2n) is 6.32. The highest BCUT2D eigenvalue weighted by Crippen LogP contribution is 2.37. The number of para-hydroxylation sites is 1. The van der Waals surface area contributed by atoms with Crippen molar-refractivity contribution >= 4 is 41.0 Å². The predicted molar refractivity (Wildman–Crippen MR) is 115 cm³/mol. The fraction of sp³-hybridized carbons (Fsp3) is 0.227. The van der Waals surface area contributed by atoms with Gasteiger partial charge in [0.15, 0.2) is 18.1 Å². The predicted octanol–water partition coefficient (Wildman–Crippen LogP) is 4.10.